The summed E-state index contributed by atoms with van der Waals surface area (Å²) >= 11 is 1.05. The molecule has 1 aliphatic heterocycles. The van der Waals surface area contributed by atoms with Gasteiger partial charge in [-0.15, -0.1) is 0 Å². The molecule has 0 saturated carbocycles. The highest BCUT2D eigenvalue weighted by molar-refractivity contribution is 8.14. The minimum absolute atomic E-state index is 0.00179. The van der Waals surface area contributed by atoms with Crippen molar-refractivity contribution in [3.8, 4) is 0 Å². The third-order valence-electron chi connectivity index (χ3n) is 4.11. The lowest BCUT2D eigenvalue weighted by Gasteiger charge is -2.26. The van der Waals surface area contributed by atoms with Gasteiger partial charge in [-0.1, -0.05) is 18.2 Å². The maximum absolute atomic E-state index is 12.2. The van der Waals surface area contributed by atoms with Gasteiger partial charge in [0.2, 0.25) is 5.12 Å². The summed E-state index contributed by atoms with van der Waals surface area (Å²) in [5.41, 5.74) is -0.881. The zero-order chi connectivity index (χ0) is 18.2. The van der Waals surface area contributed by atoms with Crippen LogP contribution in [0, 0.1) is 20.2 Å². The number of carbonyl (C=O) groups excluding carboxylic acids is 1. The van der Waals surface area contributed by atoms with Gasteiger partial charge < -0.3 is 4.90 Å². The molecule has 136 valence electrons. The summed E-state index contributed by atoms with van der Waals surface area (Å²) in [4.78, 5) is 34.9. The Morgan fingerprint density at radius 1 is 1.00 bits per heavy atom. The molecular weight excluding hydrogens is 346 g/mol. The Bertz CT molecular complexity index is 614. The molecule has 1 saturated heterocycles. The summed E-state index contributed by atoms with van der Waals surface area (Å²) in [5, 5.41) is 21.4. The van der Waals surface area contributed by atoms with Crippen LogP contribution in [0.25, 0.3) is 0 Å². The van der Waals surface area contributed by atoms with Crippen molar-refractivity contribution < 1.29 is 14.6 Å². The van der Waals surface area contributed by atoms with E-state index < -0.39 is 21.2 Å². The second kappa shape index (κ2) is 9.47. The smallest absolute Gasteiger partial charge is 0.277 e. The number of benzene rings is 1. The predicted octanol–water partition coefficient (Wildman–Crippen LogP) is 3.64. The number of nitrogens with zero attached hydrogens (tertiary/aromatic N) is 3. The van der Waals surface area contributed by atoms with Crippen LogP contribution in [-0.4, -0.2) is 45.2 Å². The molecule has 0 aromatic heterocycles. The number of non-ortho nitro benzene ring substituents is 2. The van der Waals surface area contributed by atoms with E-state index in [1.54, 1.807) is 0 Å². The van der Waals surface area contributed by atoms with E-state index in [1.165, 1.54) is 19.3 Å². The maximum atomic E-state index is 12.2. The van der Waals surface area contributed by atoms with Crippen molar-refractivity contribution in [1.29, 1.82) is 0 Å². The molecule has 0 N–H and O–H groups in total. The molecule has 0 bridgehead atoms. The molecule has 9 heteroatoms. The first-order valence-corrected chi connectivity index (χ1v) is 9.29. The van der Waals surface area contributed by atoms with Crippen LogP contribution in [0.1, 0.15) is 42.5 Å². The van der Waals surface area contributed by atoms with Gasteiger partial charge in [0.15, 0.2) is 0 Å². The van der Waals surface area contributed by atoms with Gasteiger partial charge in [0, 0.05) is 23.4 Å². The fourth-order valence-corrected chi connectivity index (χ4v) is 3.61. The molecule has 25 heavy (non-hydrogen) atoms. The molecule has 1 aromatic rings. The van der Waals surface area contributed by atoms with Crippen LogP contribution in [0.5, 0.6) is 0 Å². The molecule has 1 aliphatic rings. The first-order valence-electron chi connectivity index (χ1n) is 8.31. The highest BCUT2D eigenvalue weighted by Gasteiger charge is 2.20. The van der Waals surface area contributed by atoms with E-state index in [0.717, 1.165) is 62.4 Å². The normalized spacial score (nSPS) is 15.0. The third kappa shape index (κ3) is 6.09. The van der Waals surface area contributed by atoms with E-state index in [1.807, 2.05) is 0 Å². The quantitative estimate of drug-likeness (QED) is 0.392. The second-order valence-corrected chi connectivity index (χ2v) is 7.07. The van der Waals surface area contributed by atoms with E-state index in [0.29, 0.717) is 5.75 Å². The Kier molecular flexibility index (Phi) is 7.32. The van der Waals surface area contributed by atoms with Gasteiger partial charge in [-0.25, -0.2) is 0 Å². The summed E-state index contributed by atoms with van der Waals surface area (Å²) in [5.74, 6) is 0.600. The predicted molar refractivity (Wildman–Crippen MR) is 96.1 cm³/mol. The number of nitro groups is 2. The number of nitro benzene ring substituents is 2. The average Bonchev–Trinajstić information content (AvgIpc) is 2.61. The van der Waals surface area contributed by atoms with Crippen LogP contribution < -0.4 is 0 Å². The van der Waals surface area contributed by atoms with Gasteiger partial charge in [0.05, 0.1) is 15.9 Å². The molecule has 0 aliphatic carbocycles. The van der Waals surface area contributed by atoms with Gasteiger partial charge in [-0.05, 0) is 45.3 Å². The molecule has 0 unspecified atom stereocenters. The third-order valence-corrected chi connectivity index (χ3v) is 5.10. The van der Waals surface area contributed by atoms with Crippen molar-refractivity contribution in [2.24, 2.45) is 0 Å². The Morgan fingerprint density at radius 2 is 1.60 bits per heavy atom. The molecule has 1 fully saturated rings. The fourth-order valence-electron chi connectivity index (χ4n) is 2.79. The lowest BCUT2D eigenvalue weighted by molar-refractivity contribution is -0.394. The standard InChI is InChI=1S/C16H21N3O5S/c20-16(25-9-5-4-8-17-6-2-1-3-7-17)13-10-14(18(21)22)12-15(11-13)19(23)24/h10-12H,1-9H2. The summed E-state index contributed by atoms with van der Waals surface area (Å²) < 4.78 is 0. The van der Waals surface area contributed by atoms with Crippen molar-refractivity contribution in [3.63, 3.8) is 0 Å². The summed E-state index contributed by atoms with van der Waals surface area (Å²) in [7, 11) is 0. The van der Waals surface area contributed by atoms with Crippen molar-refractivity contribution in [3.05, 3.63) is 44.0 Å². The lowest BCUT2D eigenvalue weighted by atomic mass is 10.1. The van der Waals surface area contributed by atoms with Crippen molar-refractivity contribution >= 4 is 28.3 Å². The van der Waals surface area contributed by atoms with Gasteiger partial charge in [-0.2, -0.15) is 0 Å². The van der Waals surface area contributed by atoms with Gasteiger partial charge in [-0.3, -0.25) is 25.0 Å². The Morgan fingerprint density at radius 3 is 2.16 bits per heavy atom. The number of piperidine rings is 1. The Hall–Kier alpha value is -2.00. The highest BCUT2D eigenvalue weighted by Crippen LogP contribution is 2.25. The van der Waals surface area contributed by atoms with Crippen LogP contribution in [0.15, 0.2) is 18.2 Å². The molecule has 0 radical (unpaired) electrons. The van der Waals surface area contributed by atoms with E-state index in [9.17, 15) is 25.0 Å². The number of rotatable bonds is 8. The largest absolute Gasteiger partial charge is 0.303 e. The minimum Gasteiger partial charge on any atom is -0.303 e. The van der Waals surface area contributed by atoms with Crippen LogP contribution in [-0.2, 0) is 0 Å². The number of thioether (sulfide) groups is 1. The first-order chi connectivity index (χ1) is 12.0. The van der Waals surface area contributed by atoms with Crippen molar-refractivity contribution in [1.82, 2.24) is 4.90 Å². The van der Waals surface area contributed by atoms with E-state index in [4.69, 9.17) is 0 Å². The average molecular weight is 367 g/mol. The first kappa shape index (κ1) is 19.3. The molecule has 0 atom stereocenters. The zero-order valence-electron chi connectivity index (χ0n) is 13.9. The number of hydrogen-bond acceptors (Lipinski definition) is 7. The summed E-state index contributed by atoms with van der Waals surface area (Å²) in [6, 6.07) is 3.05. The molecular formula is C16H21N3O5S. The Balaban J connectivity index is 1.83. The molecule has 0 amide bonds. The fraction of sp³-hybridized carbons (Fsp3) is 0.562. The summed E-state index contributed by atoms with van der Waals surface area (Å²) in [6.07, 6.45) is 5.66. The number of carbonyl (C=O) groups is 1. The van der Waals surface area contributed by atoms with E-state index >= 15 is 0 Å². The number of likely N-dealkylation sites (tertiary alicyclic amines) is 1. The van der Waals surface area contributed by atoms with Crippen LogP contribution >= 0.6 is 11.8 Å². The maximum Gasteiger partial charge on any atom is 0.277 e. The van der Waals surface area contributed by atoms with Crippen molar-refractivity contribution in [2.45, 2.75) is 32.1 Å². The second-order valence-electron chi connectivity index (χ2n) is 6.00. The molecule has 2 rings (SSSR count). The van der Waals surface area contributed by atoms with E-state index in [-0.39, 0.29) is 10.7 Å². The SMILES string of the molecule is O=C(SCCCCN1CCCCC1)c1cc([N+](=O)[O-])cc([N+](=O)[O-])c1. The van der Waals surface area contributed by atoms with Gasteiger partial charge in [0.25, 0.3) is 11.4 Å². The van der Waals surface area contributed by atoms with Gasteiger partial charge >= 0.3 is 0 Å². The van der Waals surface area contributed by atoms with Crippen molar-refractivity contribution in [2.75, 3.05) is 25.4 Å². The van der Waals surface area contributed by atoms with E-state index in [2.05, 4.69) is 4.90 Å². The number of hydrogen-bond donors (Lipinski definition) is 0. The number of unbranched alkanes of at least 4 members (excludes halogenated alkanes) is 1. The van der Waals surface area contributed by atoms with Crippen LogP contribution in [0.2, 0.25) is 0 Å². The molecule has 8 nitrogen and oxygen atoms in total. The topological polar surface area (TPSA) is 107 Å². The minimum atomic E-state index is -0.729. The summed E-state index contributed by atoms with van der Waals surface area (Å²) in [6.45, 7) is 3.31. The lowest BCUT2D eigenvalue weighted by Crippen LogP contribution is -2.30. The molecule has 1 aromatic carbocycles. The molecule has 1 heterocycles. The monoisotopic (exact) mass is 367 g/mol. The van der Waals surface area contributed by atoms with Crippen LogP contribution in [0.3, 0.4) is 0 Å². The highest BCUT2D eigenvalue weighted by atomic mass is 32.2. The zero-order valence-corrected chi connectivity index (χ0v) is 14.7. The Labute approximate surface area is 149 Å². The van der Waals surface area contributed by atoms with Gasteiger partial charge in [0.1, 0.15) is 0 Å². The van der Waals surface area contributed by atoms with Crippen LogP contribution in [0.4, 0.5) is 11.4 Å². The molecule has 0 spiro atoms.